The lowest BCUT2D eigenvalue weighted by Crippen LogP contribution is -2.49. The Labute approximate surface area is 194 Å². The molecule has 29 heavy (non-hydrogen) atoms. The lowest BCUT2D eigenvalue weighted by atomic mass is 10.1. The van der Waals surface area contributed by atoms with E-state index in [2.05, 4.69) is 27.9 Å². The number of guanidine groups is 1. The predicted molar refractivity (Wildman–Crippen MR) is 129 cm³/mol. The number of amides is 1. The Morgan fingerprint density at radius 3 is 2.38 bits per heavy atom. The SMILES string of the molecule is CCCCC(CNC(=O)OC(C)(C)C)NC(=NCCCOCCOC)NCC.I. The van der Waals surface area contributed by atoms with Gasteiger partial charge in [0.25, 0.3) is 0 Å². The summed E-state index contributed by atoms with van der Waals surface area (Å²) in [5.74, 6) is 0.756. The van der Waals surface area contributed by atoms with E-state index in [9.17, 15) is 4.79 Å². The van der Waals surface area contributed by atoms with E-state index >= 15 is 0 Å². The Balaban J connectivity index is 0. The first-order chi connectivity index (χ1) is 13.3. The van der Waals surface area contributed by atoms with Crippen LogP contribution >= 0.6 is 24.0 Å². The molecule has 0 aliphatic carbocycles. The normalized spacial score (nSPS) is 12.7. The molecule has 1 amide bonds. The van der Waals surface area contributed by atoms with Crippen LogP contribution in [-0.2, 0) is 14.2 Å². The summed E-state index contributed by atoms with van der Waals surface area (Å²) in [6, 6.07) is 0.0863. The zero-order chi connectivity index (χ0) is 21.3. The van der Waals surface area contributed by atoms with E-state index in [4.69, 9.17) is 14.2 Å². The molecule has 3 N–H and O–H groups in total. The molecule has 8 nitrogen and oxygen atoms in total. The number of nitrogens with zero attached hydrogens (tertiary/aromatic N) is 1. The average Bonchev–Trinajstić information content (AvgIpc) is 2.61. The van der Waals surface area contributed by atoms with Gasteiger partial charge in [0.05, 0.1) is 13.2 Å². The summed E-state index contributed by atoms with van der Waals surface area (Å²) < 4.78 is 15.7. The number of alkyl carbamates (subject to hydrolysis) is 1. The molecule has 0 aromatic heterocycles. The van der Waals surface area contributed by atoms with Crippen molar-refractivity contribution in [2.75, 3.05) is 46.6 Å². The molecule has 0 radical (unpaired) electrons. The average molecular weight is 530 g/mol. The summed E-state index contributed by atoms with van der Waals surface area (Å²) >= 11 is 0. The highest BCUT2D eigenvalue weighted by Gasteiger charge is 2.18. The Bertz CT molecular complexity index is 431. The molecule has 0 fully saturated rings. The molecule has 0 rings (SSSR count). The number of ether oxygens (including phenoxy) is 3. The Kier molecular flexibility index (Phi) is 20.1. The van der Waals surface area contributed by atoms with Crippen LogP contribution in [-0.4, -0.2) is 70.3 Å². The first-order valence-corrected chi connectivity index (χ1v) is 10.4. The van der Waals surface area contributed by atoms with Crippen molar-refractivity contribution in [1.82, 2.24) is 16.0 Å². The van der Waals surface area contributed by atoms with E-state index in [0.717, 1.165) is 38.2 Å². The van der Waals surface area contributed by atoms with Crippen LogP contribution < -0.4 is 16.0 Å². The summed E-state index contributed by atoms with van der Waals surface area (Å²) in [6.45, 7) is 13.6. The summed E-state index contributed by atoms with van der Waals surface area (Å²) in [5.41, 5.74) is -0.502. The van der Waals surface area contributed by atoms with Crippen LogP contribution in [0.25, 0.3) is 0 Å². The molecule has 0 aliphatic rings. The molecule has 1 atom stereocenters. The minimum Gasteiger partial charge on any atom is -0.444 e. The molecular formula is C20H43IN4O4. The molecule has 0 heterocycles. The number of methoxy groups -OCH3 is 1. The number of carbonyl (C=O) groups is 1. The van der Waals surface area contributed by atoms with Crippen LogP contribution in [0, 0.1) is 0 Å². The topological polar surface area (TPSA) is 93.2 Å². The maximum absolute atomic E-state index is 11.9. The van der Waals surface area contributed by atoms with Gasteiger partial charge in [-0.15, -0.1) is 24.0 Å². The van der Waals surface area contributed by atoms with E-state index in [1.165, 1.54) is 0 Å². The van der Waals surface area contributed by atoms with Gasteiger partial charge in [0.1, 0.15) is 5.60 Å². The smallest absolute Gasteiger partial charge is 0.407 e. The number of rotatable bonds is 14. The minimum atomic E-state index is -0.502. The van der Waals surface area contributed by atoms with E-state index in [0.29, 0.717) is 32.9 Å². The van der Waals surface area contributed by atoms with E-state index in [1.807, 2.05) is 27.7 Å². The van der Waals surface area contributed by atoms with Gasteiger partial charge in [-0.1, -0.05) is 19.8 Å². The molecule has 0 aromatic rings. The van der Waals surface area contributed by atoms with Gasteiger partial charge < -0.3 is 30.2 Å². The minimum absolute atomic E-state index is 0. The molecule has 1 unspecified atom stereocenters. The highest BCUT2D eigenvalue weighted by Crippen LogP contribution is 2.07. The molecule has 0 saturated heterocycles. The number of aliphatic imine (C=N–C) groups is 1. The zero-order valence-corrected chi connectivity index (χ0v) is 21.5. The van der Waals surface area contributed by atoms with Gasteiger partial charge in [-0.25, -0.2) is 4.79 Å². The molecular weight excluding hydrogens is 487 g/mol. The second-order valence-corrected chi connectivity index (χ2v) is 7.59. The van der Waals surface area contributed by atoms with Gasteiger partial charge in [-0.3, -0.25) is 4.99 Å². The maximum atomic E-state index is 11.9. The number of nitrogens with one attached hydrogen (secondary N) is 3. The van der Waals surface area contributed by atoms with Crippen molar-refractivity contribution in [2.24, 2.45) is 4.99 Å². The third-order valence-corrected chi connectivity index (χ3v) is 3.63. The van der Waals surface area contributed by atoms with Crippen LogP contribution in [0.5, 0.6) is 0 Å². The molecule has 0 spiro atoms. The van der Waals surface area contributed by atoms with E-state index < -0.39 is 11.7 Å². The quantitative estimate of drug-likeness (QED) is 0.138. The lowest BCUT2D eigenvalue weighted by molar-refractivity contribution is 0.0522. The summed E-state index contributed by atoms with van der Waals surface area (Å²) in [5, 5.41) is 9.54. The highest BCUT2D eigenvalue weighted by molar-refractivity contribution is 14.0. The Hall–Kier alpha value is -0.810. The van der Waals surface area contributed by atoms with E-state index in [1.54, 1.807) is 7.11 Å². The largest absolute Gasteiger partial charge is 0.444 e. The standard InChI is InChI=1S/C20H42N4O4.HI/c1-7-9-11-17(16-23-19(25)28-20(3,4)5)24-18(21-8-2)22-12-10-13-27-15-14-26-6;/h17H,7-16H2,1-6H3,(H,23,25)(H2,21,22,24);1H. The van der Waals surface area contributed by atoms with Crippen LogP contribution in [0.4, 0.5) is 4.79 Å². The molecule has 0 aromatic carbocycles. The molecule has 9 heteroatoms. The second kappa shape index (κ2) is 19.2. The van der Waals surface area contributed by atoms with Crippen molar-refractivity contribution in [3.63, 3.8) is 0 Å². The monoisotopic (exact) mass is 530 g/mol. The first kappa shape index (κ1) is 30.4. The van der Waals surface area contributed by atoms with Crippen LogP contribution in [0.3, 0.4) is 0 Å². The Morgan fingerprint density at radius 2 is 1.79 bits per heavy atom. The molecule has 0 bridgehead atoms. The first-order valence-electron chi connectivity index (χ1n) is 10.4. The third kappa shape index (κ3) is 20.2. The number of unbranched alkanes of at least 4 members (excludes halogenated alkanes) is 1. The fourth-order valence-electron chi connectivity index (χ4n) is 2.31. The third-order valence-electron chi connectivity index (χ3n) is 3.63. The lowest BCUT2D eigenvalue weighted by Gasteiger charge is -2.24. The van der Waals surface area contributed by atoms with Gasteiger partial charge in [0.2, 0.25) is 0 Å². The van der Waals surface area contributed by atoms with Crippen molar-refractivity contribution < 1.29 is 19.0 Å². The predicted octanol–water partition coefficient (Wildman–Crippen LogP) is 3.30. The van der Waals surface area contributed by atoms with Crippen molar-refractivity contribution in [2.45, 2.75) is 71.9 Å². The molecule has 174 valence electrons. The second-order valence-electron chi connectivity index (χ2n) is 7.59. The van der Waals surface area contributed by atoms with Gasteiger partial charge in [-0.05, 0) is 40.5 Å². The number of carbonyl (C=O) groups excluding carboxylic acids is 1. The van der Waals surface area contributed by atoms with Crippen LogP contribution in [0.1, 0.15) is 60.3 Å². The maximum Gasteiger partial charge on any atom is 0.407 e. The van der Waals surface area contributed by atoms with Crippen molar-refractivity contribution in [3.05, 3.63) is 0 Å². The van der Waals surface area contributed by atoms with Gasteiger partial charge in [-0.2, -0.15) is 0 Å². The van der Waals surface area contributed by atoms with E-state index in [-0.39, 0.29) is 30.0 Å². The fraction of sp³-hybridized carbons (Fsp3) is 0.900. The Morgan fingerprint density at radius 1 is 1.07 bits per heavy atom. The van der Waals surface area contributed by atoms with Crippen LogP contribution in [0.15, 0.2) is 4.99 Å². The number of hydrogen-bond acceptors (Lipinski definition) is 5. The highest BCUT2D eigenvalue weighted by atomic mass is 127. The summed E-state index contributed by atoms with van der Waals surface area (Å²) in [4.78, 5) is 16.5. The van der Waals surface area contributed by atoms with Crippen molar-refractivity contribution in [3.8, 4) is 0 Å². The number of halogens is 1. The summed E-state index contributed by atoms with van der Waals surface area (Å²) in [6.07, 6.45) is 3.55. The molecule has 0 saturated carbocycles. The number of hydrogen-bond donors (Lipinski definition) is 3. The fourth-order valence-corrected chi connectivity index (χ4v) is 2.31. The van der Waals surface area contributed by atoms with Gasteiger partial charge >= 0.3 is 6.09 Å². The molecule has 0 aliphatic heterocycles. The van der Waals surface area contributed by atoms with Gasteiger partial charge in [0.15, 0.2) is 5.96 Å². The van der Waals surface area contributed by atoms with Gasteiger partial charge in [0, 0.05) is 39.4 Å². The summed E-state index contributed by atoms with van der Waals surface area (Å²) in [7, 11) is 1.66. The van der Waals surface area contributed by atoms with Crippen molar-refractivity contribution >= 4 is 36.0 Å². The van der Waals surface area contributed by atoms with Crippen molar-refractivity contribution in [1.29, 1.82) is 0 Å². The zero-order valence-electron chi connectivity index (χ0n) is 19.1. The van der Waals surface area contributed by atoms with Crippen LogP contribution in [0.2, 0.25) is 0 Å².